The van der Waals surface area contributed by atoms with Crippen molar-refractivity contribution in [3.8, 4) is 0 Å². The number of carbonyl (C=O) groups is 1. The maximum absolute atomic E-state index is 12.2. The van der Waals surface area contributed by atoms with Gasteiger partial charge in [-0.2, -0.15) is 13.2 Å². The van der Waals surface area contributed by atoms with E-state index in [2.05, 4.69) is 4.74 Å². The molecule has 3 nitrogen and oxygen atoms in total. The van der Waals surface area contributed by atoms with Gasteiger partial charge >= 0.3 is 12.1 Å². The van der Waals surface area contributed by atoms with Crippen LogP contribution in [0.4, 0.5) is 13.2 Å². The van der Waals surface area contributed by atoms with Gasteiger partial charge in [0, 0.05) is 0 Å². The summed E-state index contributed by atoms with van der Waals surface area (Å²) in [5.41, 5.74) is 5.02. The van der Waals surface area contributed by atoms with Crippen molar-refractivity contribution < 1.29 is 22.7 Å². The van der Waals surface area contributed by atoms with E-state index in [0.717, 1.165) is 0 Å². The molecule has 84 valence electrons. The third-order valence-electron chi connectivity index (χ3n) is 1.70. The van der Waals surface area contributed by atoms with Crippen LogP contribution in [0.5, 0.6) is 0 Å². The number of carbonyl (C=O) groups excluding carboxylic acids is 1. The van der Waals surface area contributed by atoms with Gasteiger partial charge in [0.25, 0.3) is 0 Å². The molecule has 0 bridgehead atoms. The van der Waals surface area contributed by atoms with Gasteiger partial charge in [0.15, 0.2) is 0 Å². The molecule has 0 aliphatic heterocycles. The maximum atomic E-state index is 12.2. The molecule has 14 heavy (non-hydrogen) atoms. The molecule has 0 amide bonds. The number of halogens is 3. The average Bonchev–Trinajstić information content (AvgIpc) is 2.02. The van der Waals surface area contributed by atoms with Crippen LogP contribution in [0.3, 0.4) is 0 Å². The summed E-state index contributed by atoms with van der Waals surface area (Å²) in [6.45, 7) is 1.54. The molecule has 0 saturated heterocycles. The minimum absolute atomic E-state index is 0.0893. The van der Waals surface area contributed by atoms with Crippen LogP contribution in [0.1, 0.15) is 19.8 Å². The van der Waals surface area contributed by atoms with Gasteiger partial charge in [-0.3, -0.25) is 4.79 Å². The van der Waals surface area contributed by atoms with E-state index in [1.54, 1.807) is 6.92 Å². The largest absolute Gasteiger partial charge is 0.466 e. The summed E-state index contributed by atoms with van der Waals surface area (Å²) < 4.78 is 41.2. The van der Waals surface area contributed by atoms with Crippen LogP contribution in [-0.2, 0) is 9.53 Å². The Morgan fingerprint density at radius 1 is 1.50 bits per heavy atom. The van der Waals surface area contributed by atoms with Gasteiger partial charge in [-0.15, -0.1) is 0 Å². The zero-order valence-corrected chi connectivity index (χ0v) is 7.93. The van der Waals surface area contributed by atoms with E-state index < -0.39 is 24.5 Å². The van der Waals surface area contributed by atoms with E-state index in [-0.39, 0.29) is 19.6 Å². The lowest BCUT2D eigenvalue weighted by atomic mass is 10.0. The van der Waals surface area contributed by atoms with Crippen molar-refractivity contribution in [2.24, 2.45) is 11.7 Å². The molecule has 0 radical (unpaired) electrons. The molecule has 0 rings (SSSR count). The predicted octanol–water partition coefficient (Wildman–Crippen LogP) is 1.47. The minimum Gasteiger partial charge on any atom is -0.466 e. The lowest BCUT2D eigenvalue weighted by molar-refractivity contribution is -0.185. The van der Waals surface area contributed by atoms with Crippen molar-refractivity contribution in [2.75, 3.05) is 13.2 Å². The quantitative estimate of drug-likeness (QED) is 0.703. The van der Waals surface area contributed by atoms with Crippen molar-refractivity contribution in [2.45, 2.75) is 25.9 Å². The van der Waals surface area contributed by atoms with Crippen LogP contribution in [-0.4, -0.2) is 25.3 Å². The fraction of sp³-hybridized carbons (Fsp3) is 0.875. The van der Waals surface area contributed by atoms with Crippen LogP contribution in [0, 0.1) is 5.92 Å². The van der Waals surface area contributed by atoms with Crippen molar-refractivity contribution in [1.29, 1.82) is 0 Å². The van der Waals surface area contributed by atoms with Gasteiger partial charge in [0.1, 0.15) is 0 Å². The lowest BCUT2D eigenvalue weighted by Crippen LogP contribution is -2.28. The SMILES string of the molecule is CCOC(=O)CC(CCN)C(F)(F)F. The Hall–Kier alpha value is -0.780. The fourth-order valence-corrected chi connectivity index (χ4v) is 1.00. The van der Waals surface area contributed by atoms with Crippen molar-refractivity contribution in [1.82, 2.24) is 0 Å². The van der Waals surface area contributed by atoms with Gasteiger partial charge in [-0.25, -0.2) is 0 Å². The molecule has 0 heterocycles. The third-order valence-corrected chi connectivity index (χ3v) is 1.70. The van der Waals surface area contributed by atoms with E-state index in [9.17, 15) is 18.0 Å². The third kappa shape index (κ3) is 5.06. The number of esters is 1. The summed E-state index contributed by atoms with van der Waals surface area (Å²) in [4.78, 5) is 10.8. The van der Waals surface area contributed by atoms with E-state index in [1.807, 2.05) is 0 Å². The molecule has 0 aromatic carbocycles. The first-order valence-corrected chi connectivity index (χ1v) is 4.34. The van der Waals surface area contributed by atoms with Crippen LogP contribution in [0.25, 0.3) is 0 Å². The standard InChI is InChI=1S/C8H14F3NO2/c1-2-14-7(13)5-6(3-4-12)8(9,10)11/h6H,2-5,12H2,1H3. The number of nitrogens with two attached hydrogens (primary N) is 1. The second-order valence-corrected chi connectivity index (χ2v) is 2.83. The van der Waals surface area contributed by atoms with Gasteiger partial charge in [-0.05, 0) is 19.9 Å². The zero-order chi connectivity index (χ0) is 11.2. The van der Waals surface area contributed by atoms with E-state index >= 15 is 0 Å². The maximum Gasteiger partial charge on any atom is 0.392 e. The number of alkyl halides is 3. The molecular formula is C8H14F3NO2. The summed E-state index contributed by atoms with van der Waals surface area (Å²) in [6, 6.07) is 0. The summed E-state index contributed by atoms with van der Waals surface area (Å²) >= 11 is 0. The van der Waals surface area contributed by atoms with Crippen molar-refractivity contribution in [3.05, 3.63) is 0 Å². The van der Waals surface area contributed by atoms with E-state index in [4.69, 9.17) is 5.73 Å². The predicted molar refractivity (Wildman–Crippen MR) is 44.5 cm³/mol. The first kappa shape index (κ1) is 13.2. The molecule has 1 atom stereocenters. The highest BCUT2D eigenvalue weighted by molar-refractivity contribution is 5.69. The molecule has 0 aliphatic rings. The number of rotatable bonds is 5. The Balaban J connectivity index is 4.16. The Bertz CT molecular complexity index is 182. The van der Waals surface area contributed by atoms with Crippen LogP contribution in [0.15, 0.2) is 0 Å². The van der Waals surface area contributed by atoms with Crippen LogP contribution < -0.4 is 5.73 Å². The highest BCUT2D eigenvalue weighted by atomic mass is 19.4. The van der Waals surface area contributed by atoms with Gasteiger partial charge in [0.05, 0.1) is 18.9 Å². The fourth-order valence-electron chi connectivity index (χ4n) is 1.00. The van der Waals surface area contributed by atoms with Crippen LogP contribution in [0.2, 0.25) is 0 Å². The molecular weight excluding hydrogens is 199 g/mol. The highest BCUT2D eigenvalue weighted by Crippen LogP contribution is 2.31. The normalized spacial score (nSPS) is 13.8. The Morgan fingerprint density at radius 3 is 2.43 bits per heavy atom. The summed E-state index contributed by atoms with van der Waals surface area (Å²) in [6.07, 6.45) is -5.27. The molecule has 0 aromatic rings. The van der Waals surface area contributed by atoms with E-state index in [0.29, 0.717) is 0 Å². The Labute approximate surface area is 80.4 Å². The summed E-state index contributed by atoms with van der Waals surface area (Å²) in [5.74, 6) is -2.52. The smallest absolute Gasteiger partial charge is 0.392 e. The first-order chi connectivity index (χ1) is 6.41. The summed E-state index contributed by atoms with van der Waals surface area (Å²) in [7, 11) is 0. The molecule has 1 unspecified atom stereocenters. The molecule has 6 heteroatoms. The topological polar surface area (TPSA) is 52.3 Å². The lowest BCUT2D eigenvalue weighted by Gasteiger charge is -2.18. The second-order valence-electron chi connectivity index (χ2n) is 2.83. The Morgan fingerprint density at radius 2 is 2.07 bits per heavy atom. The van der Waals surface area contributed by atoms with Gasteiger partial charge in [-0.1, -0.05) is 0 Å². The van der Waals surface area contributed by atoms with Crippen molar-refractivity contribution in [3.63, 3.8) is 0 Å². The van der Waals surface area contributed by atoms with Gasteiger partial charge in [0.2, 0.25) is 0 Å². The molecule has 0 saturated carbocycles. The molecule has 2 N–H and O–H groups in total. The number of hydrogen-bond donors (Lipinski definition) is 1. The molecule has 0 spiro atoms. The zero-order valence-electron chi connectivity index (χ0n) is 7.93. The first-order valence-electron chi connectivity index (χ1n) is 4.34. The minimum atomic E-state index is -4.38. The number of ether oxygens (including phenoxy) is 1. The monoisotopic (exact) mass is 213 g/mol. The molecule has 0 fully saturated rings. The molecule has 0 aromatic heterocycles. The highest BCUT2D eigenvalue weighted by Gasteiger charge is 2.40. The Kier molecular flexibility index (Phi) is 5.52. The van der Waals surface area contributed by atoms with Crippen LogP contribution >= 0.6 is 0 Å². The van der Waals surface area contributed by atoms with Crippen molar-refractivity contribution >= 4 is 5.97 Å². The average molecular weight is 213 g/mol. The van der Waals surface area contributed by atoms with Gasteiger partial charge < -0.3 is 10.5 Å². The second kappa shape index (κ2) is 5.85. The summed E-state index contributed by atoms with van der Waals surface area (Å²) in [5, 5.41) is 0. The molecule has 0 aliphatic carbocycles. The van der Waals surface area contributed by atoms with E-state index in [1.165, 1.54) is 0 Å². The number of hydrogen-bond acceptors (Lipinski definition) is 3.